The second kappa shape index (κ2) is 6.56. The average molecular weight is 304 g/mol. The van der Waals surface area contributed by atoms with E-state index in [1.807, 2.05) is 0 Å². The van der Waals surface area contributed by atoms with Gasteiger partial charge in [0.1, 0.15) is 5.25 Å². The molecule has 6 nitrogen and oxygen atoms in total. The lowest BCUT2D eigenvalue weighted by molar-refractivity contribution is -0.126. The molecule has 2 N–H and O–H groups in total. The Morgan fingerprint density at radius 3 is 2.25 bits per heavy atom. The standard InChI is InChI=1S/C13H24N2O4S/c1-8(2)20(18,19)9(3)12(16)15-11-7-5-6-10(11)13(17)14-4/h8-11H,5-7H2,1-4H3,(H,14,17)(H,15,16)/t9-,10+,11+/m0/s1. The molecule has 0 radical (unpaired) electrons. The van der Waals surface area contributed by atoms with Crippen LogP contribution in [0.4, 0.5) is 0 Å². The molecule has 1 aliphatic carbocycles. The van der Waals surface area contributed by atoms with Gasteiger partial charge < -0.3 is 10.6 Å². The minimum Gasteiger partial charge on any atom is -0.359 e. The molecule has 0 unspecified atom stereocenters. The van der Waals surface area contributed by atoms with E-state index in [1.54, 1.807) is 20.9 Å². The lowest BCUT2D eigenvalue weighted by Gasteiger charge is -2.22. The van der Waals surface area contributed by atoms with E-state index in [9.17, 15) is 18.0 Å². The quantitative estimate of drug-likeness (QED) is 0.760. The molecule has 116 valence electrons. The van der Waals surface area contributed by atoms with Crippen molar-refractivity contribution in [1.82, 2.24) is 10.6 Å². The Balaban J connectivity index is 2.73. The SMILES string of the molecule is CNC(=O)[C@@H]1CCC[C@H]1NC(=O)[C@H](C)S(=O)(=O)C(C)C. The highest BCUT2D eigenvalue weighted by Gasteiger charge is 2.37. The second-order valence-electron chi connectivity index (χ2n) is 5.55. The van der Waals surface area contributed by atoms with Gasteiger partial charge in [-0.1, -0.05) is 6.42 Å². The number of carbonyl (C=O) groups is 2. The van der Waals surface area contributed by atoms with E-state index < -0.39 is 26.2 Å². The summed E-state index contributed by atoms with van der Waals surface area (Å²) in [6.07, 6.45) is 2.28. The van der Waals surface area contributed by atoms with Gasteiger partial charge in [0.2, 0.25) is 11.8 Å². The van der Waals surface area contributed by atoms with Crippen LogP contribution in [-0.4, -0.2) is 43.8 Å². The number of nitrogens with one attached hydrogen (secondary N) is 2. The number of hydrogen-bond acceptors (Lipinski definition) is 4. The smallest absolute Gasteiger partial charge is 0.238 e. The van der Waals surface area contributed by atoms with E-state index >= 15 is 0 Å². The van der Waals surface area contributed by atoms with Crippen molar-refractivity contribution in [3.05, 3.63) is 0 Å². The Kier molecular flexibility index (Phi) is 5.56. The molecule has 3 atom stereocenters. The van der Waals surface area contributed by atoms with Crippen LogP contribution in [0.25, 0.3) is 0 Å². The number of sulfone groups is 1. The molecule has 1 saturated carbocycles. The Hall–Kier alpha value is -1.11. The van der Waals surface area contributed by atoms with Gasteiger partial charge >= 0.3 is 0 Å². The van der Waals surface area contributed by atoms with Gasteiger partial charge in [-0.05, 0) is 33.6 Å². The maximum Gasteiger partial charge on any atom is 0.238 e. The summed E-state index contributed by atoms with van der Waals surface area (Å²) in [7, 11) is -1.91. The molecule has 1 aliphatic rings. The Morgan fingerprint density at radius 1 is 1.15 bits per heavy atom. The third-order valence-corrected chi connectivity index (χ3v) is 6.46. The van der Waals surface area contributed by atoms with Crippen molar-refractivity contribution in [3.8, 4) is 0 Å². The Bertz CT molecular complexity index is 473. The molecule has 1 fully saturated rings. The molecule has 0 aromatic carbocycles. The average Bonchev–Trinajstić information content (AvgIpc) is 2.84. The van der Waals surface area contributed by atoms with Crippen molar-refractivity contribution in [2.45, 2.75) is 56.6 Å². The summed E-state index contributed by atoms with van der Waals surface area (Å²) in [5.41, 5.74) is 0. The zero-order valence-corrected chi connectivity index (χ0v) is 13.3. The number of carbonyl (C=O) groups excluding carboxylic acids is 2. The maximum absolute atomic E-state index is 12.1. The zero-order chi connectivity index (χ0) is 15.5. The molecule has 1 rings (SSSR count). The van der Waals surface area contributed by atoms with Gasteiger partial charge in [0.25, 0.3) is 0 Å². The topological polar surface area (TPSA) is 92.3 Å². The molecule has 0 spiro atoms. The van der Waals surface area contributed by atoms with Crippen LogP contribution < -0.4 is 10.6 Å². The van der Waals surface area contributed by atoms with E-state index in [4.69, 9.17) is 0 Å². The van der Waals surface area contributed by atoms with E-state index in [-0.39, 0.29) is 17.9 Å². The van der Waals surface area contributed by atoms with Gasteiger partial charge in [0.05, 0.1) is 11.2 Å². The van der Waals surface area contributed by atoms with Crippen LogP contribution in [0.15, 0.2) is 0 Å². The number of amides is 2. The third-order valence-electron chi connectivity index (χ3n) is 3.95. The predicted octanol–water partition coefficient (Wildman–Crippen LogP) is 0.229. The van der Waals surface area contributed by atoms with Gasteiger partial charge in [-0.25, -0.2) is 8.42 Å². The minimum atomic E-state index is -3.47. The first-order chi connectivity index (χ1) is 9.21. The highest BCUT2D eigenvalue weighted by Crippen LogP contribution is 2.26. The normalized spacial score (nSPS) is 24.4. The highest BCUT2D eigenvalue weighted by molar-refractivity contribution is 7.93. The number of rotatable bonds is 5. The molecule has 0 aromatic heterocycles. The summed E-state index contributed by atoms with van der Waals surface area (Å²) in [6, 6.07) is -0.271. The van der Waals surface area contributed by atoms with Crippen molar-refractivity contribution < 1.29 is 18.0 Å². The summed E-state index contributed by atoms with van der Waals surface area (Å²) in [5.74, 6) is -0.885. The second-order valence-corrected chi connectivity index (χ2v) is 8.37. The lowest BCUT2D eigenvalue weighted by atomic mass is 10.0. The van der Waals surface area contributed by atoms with Gasteiger partial charge in [-0.3, -0.25) is 9.59 Å². The van der Waals surface area contributed by atoms with Gasteiger partial charge in [0.15, 0.2) is 9.84 Å². The highest BCUT2D eigenvalue weighted by atomic mass is 32.2. The molecule has 0 bridgehead atoms. The monoisotopic (exact) mass is 304 g/mol. The van der Waals surface area contributed by atoms with Crippen LogP contribution in [0.2, 0.25) is 0 Å². The van der Waals surface area contributed by atoms with Crippen LogP contribution >= 0.6 is 0 Å². The Morgan fingerprint density at radius 2 is 1.75 bits per heavy atom. The summed E-state index contributed by atoms with van der Waals surface area (Å²) in [6.45, 7) is 4.51. The minimum absolute atomic E-state index is 0.104. The van der Waals surface area contributed by atoms with E-state index in [0.29, 0.717) is 6.42 Å². The van der Waals surface area contributed by atoms with Gasteiger partial charge in [-0.15, -0.1) is 0 Å². The van der Waals surface area contributed by atoms with Crippen LogP contribution in [-0.2, 0) is 19.4 Å². The van der Waals surface area contributed by atoms with Crippen molar-refractivity contribution in [3.63, 3.8) is 0 Å². The fourth-order valence-electron chi connectivity index (χ4n) is 2.49. The van der Waals surface area contributed by atoms with Crippen LogP contribution in [0.5, 0.6) is 0 Å². The summed E-state index contributed by atoms with van der Waals surface area (Å²) in [5, 5.41) is 3.62. The number of hydrogen-bond donors (Lipinski definition) is 2. The molecule has 7 heteroatoms. The van der Waals surface area contributed by atoms with Crippen LogP contribution in [0.3, 0.4) is 0 Å². The summed E-state index contributed by atoms with van der Waals surface area (Å²) >= 11 is 0. The summed E-state index contributed by atoms with van der Waals surface area (Å²) in [4.78, 5) is 23.8. The van der Waals surface area contributed by atoms with Crippen LogP contribution in [0, 0.1) is 5.92 Å². The van der Waals surface area contributed by atoms with Crippen molar-refractivity contribution in [1.29, 1.82) is 0 Å². The largest absolute Gasteiger partial charge is 0.359 e. The van der Waals surface area contributed by atoms with Crippen LogP contribution in [0.1, 0.15) is 40.0 Å². The Labute approximate surface area is 120 Å². The molecule has 20 heavy (non-hydrogen) atoms. The van der Waals surface area contributed by atoms with Gasteiger partial charge in [0, 0.05) is 13.1 Å². The molecule has 0 aliphatic heterocycles. The first-order valence-corrected chi connectivity index (χ1v) is 8.57. The van der Waals surface area contributed by atoms with E-state index in [2.05, 4.69) is 10.6 Å². The molecule has 0 saturated heterocycles. The lowest BCUT2D eigenvalue weighted by Crippen LogP contribution is -2.48. The third kappa shape index (κ3) is 3.50. The molecule has 0 heterocycles. The fourth-order valence-corrected chi connectivity index (χ4v) is 3.67. The van der Waals surface area contributed by atoms with E-state index in [1.165, 1.54) is 6.92 Å². The van der Waals surface area contributed by atoms with Gasteiger partial charge in [-0.2, -0.15) is 0 Å². The molecule has 2 amide bonds. The maximum atomic E-state index is 12.1. The molecular formula is C13H24N2O4S. The van der Waals surface area contributed by atoms with Crippen molar-refractivity contribution >= 4 is 21.7 Å². The van der Waals surface area contributed by atoms with E-state index in [0.717, 1.165) is 12.8 Å². The molecular weight excluding hydrogens is 280 g/mol. The summed E-state index contributed by atoms with van der Waals surface area (Å²) < 4.78 is 24.0. The zero-order valence-electron chi connectivity index (χ0n) is 12.5. The first-order valence-electron chi connectivity index (χ1n) is 6.96. The van der Waals surface area contributed by atoms with Crippen molar-refractivity contribution in [2.24, 2.45) is 5.92 Å². The van der Waals surface area contributed by atoms with Crippen molar-refractivity contribution in [2.75, 3.05) is 7.05 Å². The molecule has 0 aromatic rings. The fraction of sp³-hybridized carbons (Fsp3) is 0.846. The first kappa shape index (κ1) is 16.9. The predicted molar refractivity (Wildman–Crippen MR) is 76.9 cm³/mol.